The molecule has 0 atom stereocenters. The number of nitrogens with zero attached hydrogens (tertiary/aromatic N) is 3. The molecule has 6 nitrogen and oxygen atoms in total. The molecule has 1 aromatic heterocycles. The fourth-order valence-electron chi connectivity index (χ4n) is 2.35. The lowest BCUT2D eigenvalue weighted by Gasteiger charge is -2.34. The van der Waals surface area contributed by atoms with Crippen LogP contribution in [0.3, 0.4) is 0 Å². The highest BCUT2D eigenvalue weighted by atomic mass is 32.1. The third-order valence-corrected chi connectivity index (χ3v) is 4.36. The first-order valence-electron chi connectivity index (χ1n) is 6.79. The predicted octanol–water partition coefficient (Wildman–Crippen LogP) is 0.739. The van der Waals surface area contributed by atoms with Gasteiger partial charge < -0.3 is 15.1 Å². The van der Waals surface area contributed by atoms with Gasteiger partial charge in [-0.25, -0.2) is 0 Å². The summed E-state index contributed by atoms with van der Waals surface area (Å²) in [6.45, 7) is 4.27. The van der Waals surface area contributed by atoms with Gasteiger partial charge in [0, 0.05) is 38.0 Å². The zero-order chi connectivity index (χ0) is 14.8. The number of carbonyl (C=O) groups is 2. The van der Waals surface area contributed by atoms with Crippen LogP contribution in [-0.2, 0) is 9.59 Å². The van der Waals surface area contributed by atoms with E-state index in [0.29, 0.717) is 37.8 Å². The van der Waals surface area contributed by atoms with Crippen molar-refractivity contribution in [3.8, 4) is 0 Å². The lowest BCUT2D eigenvalue weighted by molar-refractivity contribution is -0.130. The smallest absolute Gasteiger partial charge is 0.296 e. The number of amides is 2. The lowest BCUT2D eigenvalue weighted by atomic mass is 10.3. The molecule has 0 spiro atoms. The lowest BCUT2D eigenvalue weighted by Crippen LogP contribution is -2.52. The van der Waals surface area contributed by atoms with E-state index in [1.807, 2.05) is 28.5 Å². The van der Waals surface area contributed by atoms with E-state index in [1.54, 1.807) is 23.2 Å². The summed E-state index contributed by atoms with van der Waals surface area (Å²) in [7, 11) is 0. The van der Waals surface area contributed by atoms with Crippen LogP contribution >= 0.6 is 11.3 Å². The molecule has 0 aromatic carbocycles. The molecule has 1 saturated heterocycles. The van der Waals surface area contributed by atoms with Gasteiger partial charge in [0.15, 0.2) is 0 Å². The van der Waals surface area contributed by atoms with Gasteiger partial charge in [-0.1, -0.05) is 6.07 Å². The van der Waals surface area contributed by atoms with Gasteiger partial charge >= 0.3 is 0 Å². The number of piperazine rings is 1. The Labute approximate surface area is 126 Å². The van der Waals surface area contributed by atoms with Crippen LogP contribution in [0, 0.1) is 0 Å². The minimum atomic E-state index is -0.243. The second-order valence-electron chi connectivity index (χ2n) is 4.93. The highest BCUT2D eigenvalue weighted by Crippen LogP contribution is 2.16. The van der Waals surface area contributed by atoms with Gasteiger partial charge in [-0.05, 0) is 17.5 Å². The average molecular weight is 304 g/mol. The fraction of sp³-hybridized carbons (Fsp3) is 0.357. The molecule has 2 amide bonds. The molecule has 0 saturated carbocycles. The first-order chi connectivity index (χ1) is 10.1. The molecule has 21 heavy (non-hydrogen) atoms. The molecule has 0 radical (unpaired) electrons. The Hall–Kier alpha value is -2.15. The van der Waals surface area contributed by atoms with Crippen molar-refractivity contribution in [3.63, 3.8) is 0 Å². The van der Waals surface area contributed by atoms with E-state index in [1.165, 1.54) is 0 Å². The summed E-state index contributed by atoms with van der Waals surface area (Å²) in [4.78, 5) is 32.1. The van der Waals surface area contributed by atoms with E-state index in [-0.39, 0.29) is 11.8 Å². The number of hydrogen-bond acceptors (Lipinski definition) is 5. The Morgan fingerprint density at radius 2 is 2.14 bits per heavy atom. The van der Waals surface area contributed by atoms with Crippen molar-refractivity contribution in [2.24, 2.45) is 4.99 Å². The van der Waals surface area contributed by atoms with Gasteiger partial charge in [0.25, 0.3) is 5.91 Å². The molecule has 1 fully saturated rings. The number of rotatable bonds is 1. The van der Waals surface area contributed by atoms with Crippen LogP contribution in [0.25, 0.3) is 6.08 Å². The third-order valence-electron chi connectivity index (χ3n) is 3.54. The van der Waals surface area contributed by atoms with Gasteiger partial charge in [-0.15, -0.1) is 11.3 Å². The Balaban J connectivity index is 1.65. The van der Waals surface area contributed by atoms with Crippen molar-refractivity contribution in [1.82, 2.24) is 15.1 Å². The molecule has 110 valence electrons. The van der Waals surface area contributed by atoms with Crippen LogP contribution in [0.15, 0.2) is 28.2 Å². The summed E-state index contributed by atoms with van der Waals surface area (Å²) >= 11 is 1.57. The van der Waals surface area contributed by atoms with Crippen molar-refractivity contribution in [1.29, 1.82) is 0 Å². The highest BCUT2D eigenvalue weighted by molar-refractivity contribution is 7.10. The van der Waals surface area contributed by atoms with Crippen LogP contribution in [-0.4, -0.2) is 53.8 Å². The topological polar surface area (TPSA) is 65.0 Å². The van der Waals surface area contributed by atoms with Crippen molar-refractivity contribution in [2.75, 3.05) is 26.2 Å². The van der Waals surface area contributed by atoms with Gasteiger partial charge in [-0.2, -0.15) is 4.99 Å². The number of hydrogen-bond donors (Lipinski definition) is 1. The molecular weight excluding hydrogens is 288 g/mol. The summed E-state index contributed by atoms with van der Waals surface area (Å²) in [5, 5.41) is 5.05. The van der Waals surface area contributed by atoms with E-state index in [2.05, 4.69) is 10.3 Å². The summed E-state index contributed by atoms with van der Waals surface area (Å²) in [6, 6.07) is 3.90. The number of guanidine groups is 1. The second kappa shape index (κ2) is 5.69. The molecule has 3 rings (SSSR count). The number of thiophene rings is 1. The Kier molecular flexibility index (Phi) is 3.74. The first-order valence-corrected chi connectivity index (χ1v) is 7.67. The van der Waals surface area contributed by atoms with E-state index in [4.69, 9.17) is 0 Å². The van der Waals surface area contributed by atoms with Crippen molar-refractivity contribution >= 4 is 35.2 Å². The number of nitrogens with one attached hydrogen (secondary N) is 1. The van der Waals surface area contributed by atoms with Crippen LogP contribution in [0.2, 0.25) is 0 Å². The zero-order valence-corrected chi connectivity index (χ0v) is 12.5. The van der Waals surface area contributed by atoms with E-state index >= 15 is 0 Å². The van der Waals surface area contributed by atoms with Gasteiger partial charge in [0.1, 0.15) is 5.70 Å². The summed E-state index contributed by atoms with van der Waals surface area (Å²) in [5.41, 5.74) is 0.501. The van der Waals surface area contributed by atoms with Crippen LogP contribution in [0.4, 0.5) is 0 Å². The minimum absolute atomic E-state index is 0.0883. The van der Waals surface area contributed by atoms with Crippen molar-refractivity contribution < 1.29 is 9.59 Å². The van der Waals surface area contributed by atoms with E-state index in [9.17, 15) is 9.59 Å². The summed E-state index contributed by atoms with van der Waals surface area (Å²) < 4.78 is 0. The molecule has 1 aromatic rings. The molecule has 0 bridgehead atoms. The first kappa shape index (κ1) is 13.8. The monoisotopic (exact) mass is 304 g/mol. The SMILES string of the molecule is CC(=O)N1CCN(C2=NC(=O)C(=Cc3cccs3)N2)CC1. The fourth-order valence-corrected chi connectivity index (χ4v) is 3.01. The molecule has 2 aliphatic rings. The van der Waals surface area contributed by atoms with Crippen LogP contribution in [0.5, 0.6) is 0 Å². The Morgan fingerprint density at radius 3 is 2.76 bits per heavy atom. The standard InChI is InChI=1S/C14H16N4O2S/c1-10(19)17-4-6-18(7-5-17)14-15-12(13(20)16-14)9-11-3-2-8-21-11/h2-3,8-9H,4-7H2,1H3,(H,15,16,20). The minimum Gasteiger partial charge on any atom is -0.339 e. The van der Waals surface area contributed by atoms with Crippen molar-refractivity contribution in [2.45, 2.75) is 6.92 Å². The maximum Gasteiger partial charge on any atom is 0.296 e. The number of carbonyl (C=O) groups excluding carboxylic acids is 2. The molecular formula is C14H16N4O2S. The van der Waals surface area contributed by atoms with Gasteiger partial charge in [0.2, 0.25) is 11.9 Å². The van der Waals surface area contributed by atoms with Crippen molar-refractivity contribution in [3.05, 3.63) is 28.1 Å². The zero-order valence-electron chi connectivity index (χ0n) is 11.7. The van der Waals surface area contributed by atoms with Gasteiger partial charge in [-0.3, -0.25) is 9.59 Å². The molecule has 2 aliphatic heterocycles. The van der Waals surface area contributed by atoms with Crippen LogP contribution in [0.1, 0.15) is 11.8 Å². The van der Waals surface area contributed by atoms with Crippen LogP contribution < -0.4 is 5.32 Å². The molecule has 0 aliphatic carbocycles. The summed E-state index contributed by atoms with van der Waals surface area (Å²) in [6.07, 6.45) is 1.81. The Morgan fingerprint density at radius 1 is 1.38 bits per heavy atom. The maximum absolute atomic E-state index is 11.9. The molecule has 7 heteroatoms. The number of aliphatic imine (C=N–C) groups is 1. The Bertz CT molecular complexity index is 613. The van der Waals surface area contributed by atoms with E-state index < -0.39 is 0 Å². The molecule has 1 N–H and O–H groups in total. The predicted molar refractivity (Wildman–Crippen MR) is 81.7 cm³/mol. The quantitative estimate of drug-likeness (QED) is 0.777. The highest BCUT2D eigenvalue weighted by Gasteiger charge is 2.27. The van der Waals surface area contributed by atoms with E-state index in [0.717, 1.165) is 4.88 Å². The normalized spacial score (nSPS) is 20.7. The van der Waals surface area contributed by atoms with Gasteiger partial charge in [0.05, 0.1) is 0 Å². The summed E-state index contributed by atoms with van der Waals surface area (Å²) in [5.74, 6) is 0.434. The molecule has 3 heterocycles. The largest absolute Gasteiger partial charge is 0.339 e. The third kappa shape index (κ3) is 2.97. The average Bonchev–Trinajstić information content (AvgIpc) is 3.10. The second-order valence-corrected chi connectivity index (χ2v) is 5.91. The maximum atomic E-state index is 11.9. The molecule has 0 unspecified atom stereocenters.